The van der Waals surface area contributed by atoms with Gasteiger partial charge in [0, 0.05) is 31.0 Å². The molecule has 8 nitrogen and oxygen atoms in total. The van der Waals surface area contributed by atoms with E-state index in [-0.39, 0.29) is 47.7 Å². The van der Waals surface area contributed by atoms with Gasteiger partial charge in [-0.05, 0) is 61.8 Å². The van der Waals surface area contributed by atoms with Gasteiger partial charge in [0.05, 0.1) is 26.2 Å². The van der Waals surface area contributed by atoms with Crippen molar-refractivity contribution in [3.05, 3.63) is 53.3 Å². The van der Waals surface area contributed by atoms with E-state index >= 15 is 0 Å². The number of hydrogen-bond acceptors (Lipinski definition) is 6. The first-order valence-corrected chi connectivity index (χ1v) is 13.1. The molecule has 2 N–H and O–H groups in total. The lowest BCUT2D eigenvalue weighted by molar-refractivity contribution is -0.183. The normalized spacial score (nSPS) is 25.7. The van der Waals surface area contributed by atoms with Gasteiger partial charge in [0.1, 0.15) is 5.60 Å². The number of fused-ring (bicyclic) bond motifs is 3. The van der Waals surface area contributed by atoms with Crippen LogP contribution in [0.15, 0.2) is 36.4 Å². The molecule has 3 aliphatic heterocycles. The van der Waals surface area contributed by atoms with Gasteiger partial charge in [0.2, 0.25) is 5.91 Å². The SMILES string of the molecule is COc1ccc(CC(=O)N2CCC3(CC2)CO[C@H]2c4cccc(O)c4O[C@@](C)(CCC(=O)O)[C@@H]2C3)cc1F. The summed E-state index contributed by atoms with van der Waals surface area (Å²) in [7, 11) is 1.40. The summed E-state index contributed by atoms with van der Waals surface area (Å²) in [4.78, 5) is 26.3. The minimum atomic E-state index is -0.899. The summed E-state index contributed by atoms with van der Waals surface area (Å²) in [6.45, 7) is 3.58. The summed E-state index contributed by atoms with van der Waals surface area (Å²) in [5.74, 6) is -0.992. The van der Waals surface area contributed by atoms with Crippen molar-refractivity contribution in [1.29, 1.82) is 0 Å². The molecule has 204 valence electrons. The van der Waals surface area contributed by atoms with Crippen LogP contribution in [0.4, 0.5) is 4.39 Å². The van der Waals surface area contributed by atoms with Crippen molar-refractivity contribution in [2.75, 3.05) is 26.8 Å². The third-order valence-electron chi connectivity index (χ3n) is 8.62. The zero-order valence-electron chi connectivity index (χ0n) is 21.7. The van der Waals surface area contributed by atoms with E-state index in [9.17, 15) is 24.2 Å². The number of carboxylic acids is 1. The highest BCUT2D eigenvalue weighted by Crippen LogP contribution is 2.58. The van der Waals surface area contributed by atoms with E-state index in [2.05, 4.69) is 0 Å². The molecular formula is C29H34FNO7. The average Bonchev–Trinajstić information content (AvgIpc) is 2.89. The molecule has 0 bridgehead atoms. The molecule has 2 aromatic carbocycles. The zero-order valence-corrected chi connectivity index (χ0v) is 21.7. The number of hydrogen-bond donors (Lipinski definition) is 2. The second-order valence-corrected chi connectivity index (χ2v) is 11.1. The lowest BCUT2D eigenvalue weighted by Crippen LogP contribution is -2.56. The molecule has 3 heterocycles. The molecule has 3 atom stereocenters. The van der Waals surface area contributed by atoms with Crippen LogP contribution in [-0.4, -0.2) is 59.4 Å². The van der Waals surface area contributed by atoms with E-state index in [1.54, 1.807) is 18.2 Å². The van der Waals surface area contributed by atoms with E-state index in [0.717, 1.165) is 24.8 Å². The Kier molecular flexibility index (Phi) is 6.98. The molecule has 0 aromatic heterocycles. The number of ether oxygens (including phenoxy) is 3. The smallest absolute Gasteiger partial charge is 0.303 e. The Morgan fingerprint density at radius 1 is 1.21 bits per heavy atom. The summed E-state index contributed by atoms with van der Waals surface area (Å²) >= 11 is 0. The molecule has 2 fully saturated rings. The number of carboxylic acid groups (broad SMARTS) is 1. The van der Waals surface area contributed by atoms with Crippen molar-refractivity contribution < 1.29 is 38.4 Å². The number of phenols is 1. The Bertz CT molecular complexity index is 1230. The van der Waals surface area contributed by atoms with Crippen LogP contribution in [0.5, 0.6) is 17.2 Å². The number of carbonyl (C=O) groups excluding carboxylic acids is 1. The second-order valence-electron chi connectivity index (χ2n) is 11.1. The van der Waals surface area contributed by atoms with Gasteiger partial charge in [0.15, 0.2) is 23.1 Å². The summed E-state index contributed by atoms with van der Waals surface area (Å²) in [5, 5.41) is 19.8. The molecule has 0 aliphatic carbocycles. The van der Waals surface area contributed by atoms with Crippen molar-refractivity contribution in [3.8, 4) is 17.2 Å². The Morgan fingerprint density at radius 3 is 2.66 bits per heavy atom. The van der Waals surface area contributed by atoms with Crippen LogP contribution in [-0.2, 0) is 20.7 Å². The van der Waals surface area contributed by atoms with Crippen molar-refractivity contribution in [1.82, 2.24) is 4.90 Å². The van der Waals surface area contributed by atoms with Gasteiger partial charge >= 0.3 is 5.97 Å². The highest BCUT2D eigenvalue weighted by Gasteiger charge is 2.55. The lowest BCUT2D eigenvalue weighted by atomic mass is 9.63. The van der Waals surface area contributed by atoms with E-state index < -0.39 is 17.4 Å². The number of para-hydroxylation sites is 1. The van der Waals surface area contributed by atoms with Crippen molar-refractivity contribution in [2.45, 2.75) is 57.2 Å². The molecule has 38 heavy (non-hydrogen) atoms. The average molecular weight is 528 g/mol. The third-order valence-corrected chi connectivity index (χ3v) is 8.62. The summed E-state index contributed by atoms with van der Waals surface area (Å²) < 4.78 is 31.9. The van der Waals surface area contributed by atoms with Gasteiger partial charge in [-0.2, -0.15) is 0 Å². The summed E-state index contributed by atoms with van der Waals surface area (Å²) in [5.41, 5.74) is 0.407. The molecule has 1 spiro atoms. The number of aliphatic carboxylic acids is 1. The van der Waals surface area contributed by atoms with Crippen molar-refractivity contribution in [3.63, 3.8) is 0 Å². The van der Waals surface area contributed by atoms with Crippen LogP contribution in [0.25, 0.3) is 0 Å². The summed E-state index contributed by atoms with van der Waals surface area (Å²) in [6, 6.07) is 9.80. The maximum absolute atomic E-state index is 14.1. The van der Waals surface area contributed by atoms with Crippen LogP contribution in [0.2, 0.25) is 0 Å². The topological polar surface area (TPSA) is 106 Å². The highest BCUT2D eigenvalue weighted by molar-refractivity contribution is 5.79. The zero-order chi connectivity index (χ0) is 27.1. The monoisotopic (exact) mass is 527 g/mol. The molecule has 9 heteroatoms. The number of aromatic hydroxyl groups is 1. The molecule has 2 saturated heterocycles. The number of phenolic OH excluding ortho intramolecular Hbond substituents is 1. The first-order chi connectivity index (χ1) is 18.1. The Labute approximate surface area is 221 Å². The quantitative estimate of drug-likeness (QED) is 0.571. The maximum atomic E-state index is 14.1. The molecule has 5 rings (SSSR count). The second kappa shape index (κ2) is 10.1. The predicted octanol–water partition coefficient (Wildman–Crippen LogP) is 4.48. The maximum Gasteiger partial charge on any atom is 0.303 e. The number of piperidine rings is 1. The van der Waals surface area contributed by atoms with Crippen LogP contribution >= 0.6 is 0 Å². The molecule has 0 unspecified atom stereocenters. The van der Waals surface area contributed by atoms with E-state index in [0.29, 0.717) is 37.4 Å². The highest BCUT2D eigenvalue weighted by atomic mass is 19.1. The predicted molar refractivity (Wildman–Crippen MR) is 136 cm³/mol. The van der Waals surface area contributed by atoms with Crippen molar-refractivity contribution in [2.24, 2.45) is 11.3 Å². The van der Waals surface area contributed by atoms with E-state index in [1.807, 2.05) is 17.9 Å². The van der Waals surface area contributed by atoms with Crippen LogP contribution < -0.4 is 9.47 Å². The first-order valence-electron chi connectivity index (χ1n) is 13.1. The molecule has 2 aromatic rings. The fraction of sp³-hybridized carbons (Fsp3) is 0.517. The largest absolute Gasteiger partial charge is 0.504 e. The van der Waals surface area contributed by atoms with Gasteiger partial charge in [-0.3, -0.25) is 9.59 Å². The standard InChI is InChI=1S/C29H34FNO7/c1-28(9-8-25(34)35)20-16-29(17-37-26(20)19-4-3-5-22(32)27(19)38-28)10-12-31(13-11-29)24(33)15-18-6-7-23(36-2)21(30)14-18/h3-7,14,20,26,32H,8-13,15-17H2,1-2H3,(H,34,35)/t20-,26+,28+/m1/s1. The number of benzene rings is 2. The lowest BCUT2D eigenvalue weighted by Gasteiger charge is -2.55. The Balaban J connectivity index is 1.29. The van der Waals surface area contributed by atoms with Crippen molar-refractivity contribution >= 4 is 11.9 Å². The fourth-order valence-electron chi connectivity index (χ4n) is 6.32. The molecule has 3 aliphatic rings. The molecular weight excluding hydrogens is 493 g/mol. The molecule has 0 radical (unpaired) electrons. The number of rotatable bonds is 6. The number of likely N-dealkylation sites (tertiary alicyclic amines) is 1. The van der Waals surface area contributed by atoms with Gasteiger partial charge < -0.3 is 29.3 Å². The minimum Gasteiger partial charge on any atom is -0.504 e. The fourth-order valence-corrected chi connectivity index (χ4v) is 6.32. The molecule has 0 saturated carbocycles. The summed E-state index contributed by atoms with van der Waals surface area (Å²) in [6.07, 6.45) is 2.33. The van der Waals surface area contributed by atoms with Gasteiger partial charge in [-0.15, -0.1) is 0 Å². The van der Waals surface area contributed by atoms with Gasteiger partial charge in [0.25, 0.3) is 0 Å². The Morgan fingerprint density at radius 2 is 1.97 bits per heavy atom. The Hall–Kier alpha value is -3.33. The number of amides is 1. The number of halogens is 1. The van der Waals surface area contributed by atoms with Gasteiger partial charge in [-0.25, -0.2) is 4.39 Å². The first kappa shape index (κ1) is 26.3. The molecule has 1 amide bonds. The number of carbonyl (C=O) groups is 2. The van der Waals surface area contributed by atoms with Gasteiger partial charge in [-0.1, -0.05) is 18.2 Å². The van der Waals surface area contributed by atoms with Crippen LogP contribution in [0.3, 0.4) is 0 Å². The number of methoxy groups -OCH3 is 1. The van der Waals surface area contributed by atoms with E-state index in [4.69, 9.17) is 14.2 Å². The third kappa shape index (κ3) is 4.91. The van der Waals surface area contributed by atoms with Crippen LogP contribution in [0, 0.1) is 17.2 Å². The number of nitrogens with zero attached hydrogens (tertiary/aromatic N) is 1. The van der Waals surface area contributed by atoms with Crippen LogP contribution in [0.1, 0.15) is 56.3 Å². The minimum absolute atomic E-state index is 0.0231. The van der Waals surface area contributed by atoms with E-state index in [1.165, 1.54) is 19.2 Å².